The fraction of sp³-hybridized carbons (Fsp3) is 0.722. The zero-order chi connectivity index (χ0) is 19.3. The number of hydrogen-bond donors (Lipinski definition) is 0. The molecule has 5 atom stereocenters. The number of carbonyl (C=O) groups is 3. The van der Waals surface area contributed by atoms with Crippen molar-refractivity contribution in [1.82, 2.24) is 0 Å². The molecule has 8 heteroatoms. The molecule has 0 spiro atoms. The summed E-state index contributed by atoms with van der Waals surface area (Å²) in [5, 5.41) is 0. The van der Waals surface area contributed by atoms with Crippen LogP contribution >= 0.6 is 0 Å². The third-order valence-electron chi connectivity index (χ3n) is 4.76. The number of fused-ring (bicyclic) bond motifs is 2. The van der Waals surface area contributed by atoms with Gasteiger partial charge >= 0.3 is 17.9 Å². The van der Waals surface area contributed by atoms with Crippen molar-refractivity contribution in [3.8, 4) is 0 Å². The van der Waals surface area contributed by atoms with Crippen LogP contribution < -0.4 is 0 Å². The molecule has 8 nitrogen and oxygen atoms in total. The number of esters is 3. The maximum absolute atomic E-state index is 12.5. The Kier molecular flexibility index (Phi) is 7.16. The fourth-order valence-electron chi connectivity index (χ4n) is 3.53. The van der Waals surface area contributed by atoms with Gasteiger partial charge in [-0.25, -0.2) is 14.6 Å². The van der Waals surface area contributed by atoms with Gasteiger partial charge in [-0.15, -0.1) is 0 Å². The third-order valence-corrected chi connectivity index (χ3v) is 4.76. The average Bonchev–Trinajstić information content (AvgIpc) is 2.79. The van der Waals surface area contributed by atoms with E-state index in [-0.39, 0.29) is 49.3 Å². The van der Waals surface area contributed by atoms with Gasteiger partial charge in [-0.05, 0) is 20.3 Å². The maximum Gasteiger partial charge on any atom is 0.333 e. The van der Waals surface area contributed by atoms with Crippen LogP contribution in [-0.2, 0) is 38.4 Å². The fourth-order valence-corrected chi connectivity index (χ4v) is 3.53. The minimum absolute atomic E-state index is 0.0612. The summed E-state index contributed by atoms with van der Waals surface area (Å²) in [4.78, 5) is 46.0. The lowest BCUT2D eigenvalue weighted by Gasteiger charge is -2.34. The first-order valence-electron chi connectivity index (χ1n) is 8.81. The second-order valence-electron chi connectivity index (χ2n) is 6.66. The van der Waals surface area contributed by atoms with Crippen LogP contribution in [0.3, 0.4) is 0 Å². The van der Waals surface area contributed by atoms with Crippen LogP contribution in [0.2, 0.25) is 0 Å². The normalized spacial score (nSPS) is 29.8. The van der Waals surface area contributed by atoms with Crippen molar-refractivity contribution in [1.29, 1.82) is 0 Å². The summed E-state index contributed by atoms with van der Waals surface area (Å²) in [5.74, 6) is -2.79. The topological polar surface area (TPSA) is 97.4 Å². The van der Waals surface area contributed by atoms with E-state index in [9.17, 15) is 14.4 Å². The Bertz CT molecular complexity index is 557. The highest BCUT2D eigenvalue weighted by Gasteiger charge is 2.56. The molecule has 26 heavy (non-hydrogen) atoms. The smallest absolute Gasteiger partial charge is 0.333 e. The van der Waals surface area contributed by atoms with Gasteiger partial charge in [0.1, 0.15) is 19.3 Å². The molecule has 1 saturated heterocycles. The van der Waals surface area contributed by atoms with Gasteiger partial charge in [-0.1, -0.05) is 13.5 Å². The first kappa shape index (κ1) is 20.4. The third kappa shape index (κ3) is 4.62. The van der Waals surface area contributed by atoms with E-state index in [0.29, 0.717) is 13.0 Å². The predicted molar refractivity (Wildman–Crippen MR) is 88.4 cm³/mol. The highest BCUT2D eigenvalue weighted by atomic mass is 17.2. The maximum atomic E-state index is 12.5. The van der Waals surface area contributed by atoms with Gasteiger partial charge in [0.15, 0.2) is 0 Å². The lowest BCUT2D eigenvalue weighted by atomic mass is 9.69. The molecule has 0 N–H and O–H groups in total. The van der Waals surface area contributed by atoms with E-state index in [1.165, 1.54) is 6.92 Å². The van der Waals surface area contributed by atoms with Crippen LogP contribution in [0.15, 0.2) is 12.2 Å². The summed E-state index contributed by atoms with van der Waals surface area (Å²) in [7, 11) is 0. The second kappa shape index (κ2) is 9.14. The molecule has 5 unspecified atom stereocenters. The van der Waals surface area contributed by atoms with Crippen LogP contribution in [0.5, 0.6) is 0 Å². The van der Waals surface area contributed by atoms with Gasteiger partial charge in [0.25, 0.3) is 0 Å². The van der Waals surface area contributed by atoms with Gasteiger partial charge in [-0.3, -0.25) is 9.59 Å². The molecule has 2 rings (SSSR count). The monoisotopic (exact) mass is 370 g/mol. The molecule has 0 aromatic carbocycles. The van der Waals surface area contributed by atoms with Crippen molar-refractivity contribution in [2.75, 3.05) is 26.4 Å². The van der Waals surface area contributed by atoms with E-state index in [1.54, 1.807) is 6.92 Å². The first-order chi connectivity index (χ1) is 12.4. The minimum atomic E-state index is -0.608. The largest absolute Gasteiger partial charge is 0.462 e. The van der Waals surface area contributed by atoms with Crippen molar-refractivity contribution >= 4 is 17.9 Å². The summed E-state index contributed by atoms with van der Waals surface area (Å²) < 4.78 is 15.5. The van der Waals surface area contributed by atoms with Crippen molar-refractivity contribution in [3.63, 3.8) is 0 Å². The second-order valence-corrected chi connectivity index (χ2v) is 6.66. The summed E-state index contributed by atoms with van der Waals surface area (Å²) in [6.45, 7) is 9.20. The van der Waals surface area contributed by atoms with Crippen LogP contribution in [0.1, 0.15) is 27.2 Å². The van der Waals surface area contributed by atoms with Crippen molar-refractivity contribution < 1.29 is 38.4 Å². The Morgan fingerprint density at radius 2 is 1.92 bits per heavy atom. The Labute approximate surface area is 152 Å². The molecule has 1 aliphatic heterocycles. The Hall–Kier alpha value is -1.93. The SMILES string of the molecule is C=C(C)C(=O)OCCOC(=O)C1CC(COOCC)C2OC(=O)C1C2C. The van der Waals surface area contributed by atoms with E-state index in [1.807, 2.05) is 6.92 Å². The van der Waals surface area contributed by atoms with Gasteiger partial charge in [0, 0.05) is 17.4 Å². The highest BCUT2D eigenvalue weighted by molar-refractivity contribution is 5.87. The molecule has 146 valence electrons. The van der Waals surface area contributed by atoms with E-state index in [2.05, 4.69) is 6.58 Å². The lowest BCUT2D eigenvalue weighted by molar-refractivity contribution is -0.303. The number of rotatable bonds is 9. The summed E-state index contributed by atoms with van der Waals surface area (Å²) in [5.41, 5.74) is 0.273. The quantitative estimate of drug-likeness (QED) is 0.150. The molecular weight excluding hydrogens is 344 g/mol. The van der Waals surface area contributed by atoms with Crippen LogP contribution in [0.4, 0.5) is 0 Å². The van der Waals surface area contributed by atoms with Crippen LogP contribution in [0.25, 0.3) is 0 Å². The number of carbonyl (C=O) groups excluding carboxylic acids is 3. The lowest BCUT2D eigenvalue weighted by Crippen LogP contribution is -2.43. The van der Waals surface area contributed by atoms with Crippen molar-refractivity contribution in [2.24, 2.45) is 23.7 Å². The molecule has 0 radical (unpaired) electrons. The zero-order valence-corrected chi connectivity index (χ0v) is 15.4. The van der Waals surface area contributed by atoms with Gasteiger partial charge < -0.3 is 14.2 Å². The average molecular weight is 370 g/mol. The molecule has 0 aromatic rings. The zero-order valence-electron chi connectivity index (χ0n) is 15.4. The molecule has 0 amide bonds. The molecular formula is C18H26O8. The number of hydrogen-bond acceptors (Lipinski definition) is 8. The van der Waals surface area contributed by atoms with Crippen molar-refractivity contribution in [3.05, 3.63) is 12.2 Å². The summed E-state index contributed by atoms with van der Waals surface area (Å²) in [6, 6.07) is 0. The molecule has 1 saturated carbocycles. The van der Waals surface area contributed by atoms with Gasteiger partial charge in [0.2, 0.25) is 0 Å². The predicted octanol–water partition coefficient (Wildman–Crippen LogP) is 1.43. The standard InChI is InChI=1S/C18H26O8/c1-5-24-25-9-12-8-13(14-11(4)15(12)26-18(14)21)17(20)23-7-6-22-16(19)10(2)3/h11-15H,2,5-9H2,1,3-4H3. The van der Waals surface area contributed by atoms with E-state index < -0.39 is 23.8 Å². The van der Waals surface area contributed by atoms with E-state index >= 15 is 0 Å². The van der Waals surface area contributed by atoms with Crippen LogP contribution in [0, 0.1) is 23.7 Å². The van der Waals surface area contributed by atoms with Gasteiger partial charge in [0.05, 0.1) is 25.0 Å². The minimum Gasteiger partial charge on any atom is -0.462 e. The van der Waals surface area contributed by atoms with E-state index in [0.717, 1.165) is 0 Å². The van der Waals surface area contributed by atoms with Crippen LogP contribution in [-0.4, -0.2) is 50.4 Å². The van der Waals surface area contributed by atoms with Crippen molar-refractivity contribution in [2.45, 2.75) is 33.3 Å². The Morgan fingerprint density at radius 3 is 2.58 bits per heavy atom. The summed E-state index contributed by atoms with van der Waals surface area (Å²) >= 11 is 0. The molecule has 2 aliphatic rings. The molecule has 2 bridgehead atoms. The number of ether oxygens (including phenoxy) is 3. The Morgan fingerprint density at radius 1 is 1.23 bits per heavy atom. The van der Waals surface area contributed by atoms with E-state index in [4.69, 9.17) is 24.0 Å². The van der Waals surface area contributed by atoms with Gasteiger partial charge in [-0.2, -0.15) is 0 Å². The first-order valence-corrected chi connectivity index (χ1v) is 8.81. The molecule has 1 heterocycles. The molecule has 1 aliphatic carbocycles. The molecule has 2 fully saturated rings. The summed E-state index contributed by atoms with van der Waals surface area (Å²) in [6.07, 6.45) is 0.136. The molecule has 0 aromatic heterocycles. The Balaban J connectivity index is 1.91. The highest BCUT2D eigenvalue weighted by Crippen LogP contribution is 2.46.